The van der Waals surface area contributed by atoms with Crippen LogP contribution in [-0.4, -0.2) is 18.8 Å². The molecule has 1 heterocycles. The Morgan fingerprint density at radius 2 is 1.71 bits per heavy atom. The quantitative estimate of drug-likeness (QED) is 0.850. The molecule has 1 saturated carbocycles. The molecular formula is C17H23NO2S. The van der Waals surface area contributed by atoms with Gasteiger partial charge in [-0.25, -0.2) is 8.42 Å². The van der Waals surface area contributed by atoms with Crippen LogP contribution < -0.4 is 0 Å². The lowest BCUT2D eigenvalue weighted by molar-refractivity contribution is 0.238. The van der Waals surface area contributed by atoms with Gasteiger partial charge in [0.05, 0.1) is 10.9 Å². The fourth-order valence-electron chi connectivity index (χ4n) is 3.53. The Morgan fingerprint density at radius 1 is 1.05 bits per heavy atom. The van der Waals surface area contributed by atoms with E-state index in [0.717, 1.165) is 24.8 Å². The lowest BCUT2D eigenvalue weighted by Gasteiger charge is -2.34. The maximum Gasteiger partial charge on any atom is 0.264 e. The average molecular weight is 305 g/mol. The van der Waals surface area contributed by atoms with Gasteiger partial charge >= 0.3 is 0 Å². The Hall–Kier alpha value is -1.29. The van der Waals surface area contributed by atoms with Crippen LogP contribution in [0.2, 0.25) is 0 Å². The molecule has 0 spiro atoms. The zero-order valence-corrected chi connectivity index (χ0v) is 13.3. The highest BCUT2D eigenvalue weighted by atomic mass is 32.2. The molecule has 0 N–H and O–H groups in total. The van der Waals surface area contributed by atoms with Crippen LogP contribution in [0.25, 0.3) is 0 Å². The Kier molecular flexibility index (Phi) is 4.07. The van der Waals surface area contributed by atoms with Gasteiger partial charge in [-0.1, -0.05) is 43.0 Å². The minimum Gasteiger partial charge on any atom is -0.270 e. The van der Waals surface area contributed by atoms with Crippen molar-refractivity contribution < 1.29 is 8.42 Å². The van der Waals surface area contributed by atoms with Crippen LogP contribution in [-0.2, 0) is 10.0 Å². The van der Waals surface area contributed by atoms with Crippen LogP contribution in [0.5, 0.6) is 0 Å². The molecule has 1 aliphatic heterocycles. The molecule has 21 heavy (non-hydrogen) atoms. The first kappa shape index (κ1) is 14.6. The SMILES string of the molecule is Cc1ccc(S(=O)(=O)N2C=CCC2C2CCCCC2)cc1. The van der Waals surface area contributed by atoms with Gasteiger partial charge in [-0.15, -0.1) is 0 Å². The molecule has 0 amide bonds. The van der Waals surface area contributed by atoms with E-state index >= 15 is 0 Å². The molecule has 0 aromatic heterocycles. The van der Waals surface area contributed by atoms with Gasteiger partial charge in [-0.2, -0.15) is 0 Å². The molecule has 1 fully saturated rings. The summed E-state index contributed by atoms with van der Waals surface area (Å²) in [5, 5.41) is 0. The Bertz CT molecular complexity index is 613. The molecule has 3 nitrogen and oxygen atoms in total. The predicted molar refractivity (Wildman–Crippen MR) is 84.3 cm³/mol. The van der Waals surface area contributed by atoms with Crippen LogP contribution >= 0.6 is 0 Å². The van der Waals surface area contributed by atoms with Crippen molar-refractivity contribution in [1.82, 2.24) is 4.31 Å². The average Bonchev–Trinajstić information content (AvgIpc) is 2.99. The van der Waals surface area contributed by atoms with Crippen LogP contribution in [0.4, 0.5) is 0 Å². The van der Waals surface area contributed by atoms with Gasteiger partial charge in [-0.05, 0) is 44.2 Å². The maximum atomic E-state index is 12.9. The number of hydrogen-bond donors (Lipinski definition) is 0. The second-order valence-electron chi connectivity index (χ2n) is 6.23. The van der Waals surface area contributed by atoms with Gasteiger partial charge in [0.1, 0.15) is 0 Å². The first-order valence-corrected chi connectivity index (χ1v) is 9.30. The summed E-state index contributed by atoms with van der Waals surface area (Å²) in [6.45, 7) is 1.97. The summed E-state index contributed by atoms with van der Waals surface area (Å²) in [5.41, 5.74) is 1.08. The Morgan fingerprint density at radius 3 is 2.38 bits per heavy atom. The summed E-state index contributed by atoms with van der Waals surface area (Å²) >= 11 is 0. The molecule has 1 aromatic rings. The normalized spacial score (nSPS) is 23.7. The minimum atomic E-state index is -3.41. The Balaban J connectivity index is 1.86. The third-order valence-electron chi connectivity index (χ3n) is 4.75. The fraction of sp³-hybridized carbons (Fsp3) is 0.529. The molecule has 1 unspecified atom stereocenters. The summed E-state index contributed by atoms with van der Waals surface area (Å²) < 4.78 is 27.4. The largest absolute Gasteiger partial charge is 0.270 e. The van der Waals surface area contributed by atoms with E-state index in [1.54, 1.807) is 22.6 Å². The van der Waals surface area contributed by atoms with E-state index in [9.17, 15) is 8.42 Å². The third-order valence-corrected chi connectivity index (χ3v) is 6.56. The Labute approximate surface area is 127 Å². The second kappa shape index (κ2) is 5.84. The van der Waals surface area contributed by atoms with E-state index in [0.29, 0.717) is 10.8 Å². The number of benzene rings is 1. The highest BCUT2D eigenvalue weighted by Gasteiger charge is 2.36. The summed E-state index contributed by atoms with van der Waals surface area (Å²) in [4.78, 5) is 0.403. The van der Waals surface area contributed by atoms with Crippen molar-refractivity contribution in [3.8, 4) is 0 Å². The van der Waals surface area contributed by atoms with Crippen molar-refractivity contribution in [2.24, 2.45) is 5.92 Å². The van der Waals surface area contributed by atoms with Gasteiger partial charge in [0.15, 0.2) is 0 Å². The highest BCUT2D eigenvalue weighted by Crippen LogP contribution is 2.36. The van der Waals surface area contributed by atoms with Crippen molar-refractivity contribution >= 4 is 10.0 Å². The number of rotatable bonds is 3. The van der Waals surface area contributed by atoms with Gasteiger partial charge < -0.3 is 0 Å². The smallest absolute Gasteiger partial charge is 0.264 e. The van der Waals surface area contributed by atoms with E-state index in [4.69, 9.17) is 0 Å². The summed E-state index contributed by atoms with van der Waals surface area (Å²) in [7, 11) is -3.41. The van der Waals surface area contributed by atoms with Crippen molar-refractivity contribution in [2.75, 3.05) is 0 Å². The molecule has 3 rings (SSSR count). The minimum absolute atomic E-state index is 0.122. The zero-order chi connectivity index (χ0) is 14.9. The summed E-state index contributed by atoms with van der Waals surface area (Å²) in [6.07, 6.45) is 10.7. The van der Waals surface area contributed by atoms with Crippen molar-refractivity contribution in [3.05, 3.63) is 42.1 Å². The molecule has 1 aromatic carbocycles. The van der Waals surface area contributed by atoms with Gasteiger partial charge in [0, 0.05) is 6.20 Å². The number of sulfonamides is 1. The first-order chi connectivity index (χ1) is 10.1. The van der Waals surface area contributed by atoms with E-state index in [1.807, 2.05) is 25.1 Å². The van der Waals surface area contributed by atoms with Crippen LogP contribution in [0.1, 0.15) is 44.1 Å². The molecule has 0 saturated heterocycles. The second-order valence-corrected chi connectivity index (χ2v) is 8.08. The lowest BCUT2D eigenvalue weighted by Crippen LogP contribution is -2.39. The van der Waals surface area contributed by atoms with Crippen LogP contribution in [0, 0.1) is 12.8 Å². The molecule has 1 aliphatic carbocycles. The van der Waals surface area contributed by atoms with Crippen LogP contribution in [0.3, 0.4) is 0 Å². The topological polar surface area (TPSA) is 37.4 Å². The molecule has 1 atom stereocenters. The number of nitrogens with zero attached hydrogens (tertiary/aromatic N) is 1. The van der Waals surface area contributed by atoms with E-state index in [2.05, 4.69) is 0 Å². The van der Waals surface area contributed by atoms with E-state index < -0.39 is 10.0 Å². The first-order valence-electron chi connectivity index (χ1n) is 7.86. The maximum absolute atomic E-state index is 12.9. The molecule has 4 heteroatoms. The van der Waals surface area contributed by atoms with Crippen molar-refractivity contribution in [1.29, 1.82) is 0 Å². The summed E-state index contributed by atoms with van der Waals surface area (Å²) in [6, 6.07) is 7.28. The summed E-state index contributed by atoms with van der Waals surface area (Å²) in [5.74, 6) is 0.508. The highest BCUT2D eigenvalue weighted by molar-refractivity contribution is 7.89. The fourth-order valence-corrected chi connectivity index (χ4v) is 5.11. The van der Waals surface area contributed by atoms with E-state index in [1.165, 1.54) is 19.3 Å². The molecule has 114 valence electrons. The van der Waals surface area contributed by atoms with E-state index in [-0.39, 0.29) is 6.04 Å². The van der Waals surface area contributed by atoms with Crippen LogP contribution in [0.15, 0.2) is 41.4 Å². The van der Waals surface area contributed by atoms with Gasteiger partial charge in [-0.3, -0.25) is 4.31 Å². The predicted octanol–water partition coefficient (Wildman–Crippen LogP) is 3.85. The zero-order valence-electron chi connectivity index (χ0n) is 12.5. The number of aryl methyl sites for hydroxylation is 1. The monoisotopic (exact) mass is 305 g/mol. The van der Waals surface area contributed by atoms with Crippen molar-refractivity contribution in [2.45, 2.75) is 56.4 Å². The molecule has 2 aliphatic rings. The van der Waals surface area contributed by atoms with Gasteiger partial charge in [0.25, 0.3) is 10.0 Å². The van der Waals surface area contributed by atoms with Crippen molar-refractivity contribution in [3.63, 3.8) is 0 Å². The molecule has 0 radical (unpaired) electrons. The van der Waals surface area contributed by atoms with Gasteiger partial charge in [0.2, 0.25) is 0 Å². The standard InChI is InChI=1S/C17H23NO2S/c1-14-9-11-16(12-10-14)21(19,20)18-13-5-8-17(18)15-6-3-2-4-7-15/h5,9-13,15,17H,2-4,6-8H2,1H3. The number of hydrogen-bond acceptors (Lipinski definition) is 2. The lowest BCUT2D eigenvalue weighted by atomic mass is 9.83. The molecular weight excluding hydrogens is 282 g/mol. The third kappa shape index (κ3) is 2.86. The molecule has 0 bridgehead atoms.